The van der Waals surface area contributed by atoms with E-state index in [4.69, 9.17) is 5.73 Å². The van der Waals surface area contributed by atoms with Crippen LogP contribution in [0.5, 0.6) is 0 Å². The second-order valence-electron chi connectivity index (χ2n) is 8.15. The van der Waals surface area contributed by atoms with E-state index >= 15 is 0 Å². The first-order valence-corrected chi connectivity index (χ1v) is 10.7. The van der Waals surface area contributed by atoms with E-state index in [9.17, 15) is 9.59 Å². The number of aromatic amines is 1. The summed E-state index contributed by atoms with van der Waals surface area (Å²) in [5, 5.41) is 0. The molecule has 0 bridgehead atoms. The molecule has 1 aliphatic carbocycles. The second kappa shape index (κ2) is 10.1. The van der Waals surface area contributed by atoms with E-state index in [0.29, 0.717) is 25.3 Å². The first-order valence-electron chi connectivity index (χ1n) is 10.7. The number of nitrogens with one attached hydrogen (secondary N) is 1. The Morgan fingerprint density at radius 3 is 2.63 bits per heavy atom. The summed E-state index contributed by atoms with van der Waals surface area (Å²) in [6.07, 6.45) is 10.0. The van der Waals surface area contributed by atoms with Gasteiger partial charge in [0.25, 0.3) is 5.56 Å². The molecule has 2 aromatic rings. The summed E-state index contributed by atoms with van der Waals surface area (Å²) in [6, 6.07) is 9.64. The lowest BCUT2D eigenvalue weighted by molar-refractivity contribution is 0.665. The standard InChI is InChI=1S/C24H32N4O2/c1-18(2)13-15-27(16-14-19-9-5-3-6-10-19)21-22(25)28(24(30)26-23(21)29)17-20-11-7-4-8-12-20/h4,7-9,11-13H,3,5-6,10,14-17,25H2,1-2H3,(H,26,29,30). The van der Waals surface area contributed by atoms with Crippen molar-refractivity contribution >= 4 is 11.5 Å². The minimum atomic E-state index is -0.484. The van der Waals surface area contributed by atoms with E-state index in [2.05, 4.69) is 17.1 Å². The Balaban J connectivity index is 1.95. The van der Waals surface area contributed by atoms with Crippen LogP contribution in [-0.4, -0.2) is 22.6 Å². The van der Waals surface area contributed by atoms with Gasteiger partial charge in [-0.05, 0) is 51.5 Å². The van der Waals surface area contributed by atoms with Crippen molar-refractivity contribution in [3.63, 3.8) is 0 Å². The van der Waals surface area contributed by atoms with E-state index in [1.807, 2.05) is 49.1 Å². The highest BCUT2D eigenvalue weighted by Crippen LogP contribution is 2.23. The van der Waals surface area contributed by atoms with Crippen molar-refractivity contribution in [3.05, 3.63) is 80.0 Å². The average Bonchev–Trinajstić information content (AvgIpc) is 2.74. The fourth-order valence-corrected chi connectivity index (χ4v) is 3.80. The molecular weight excluding hydrogens is 376 g/mol. The highest BCUT2D eigenvalue weighted by Gasteiger charge is 2.19. The Morgan fingerprint density at radius 2 is 1.97 bits per heavy atom. The maximum Gasteiger partial charge on any atom is 0.330 e. The molecule has 1 heterocycles. The molecular formula is C24H32N4O2. The van der Waals surface area contributed by atoms with Crippen molar-refractivity contribution < 1.29 is 0 Å². The van der Waals surface area contributed by atoms with Gasteiger partial charge >= 0.3 is 5.69 Å². The number of hydrogen-bond donors (Lipinski definition) is 2. The van der Waals surface area contributed by atoms with Gasteiger partial charge < -0.3 is 10.6 Å². The fraction of sp³-hybridized carbons (Fsp3) is 0.417. The van der Waals surface area contributed by atoms with Crippen molar-refractivity contribution in [2.75, 3.05) is 23.7 Å². The van der Waals surface area contributed by atoms with Crippen LogP contribution in [-0.2, 0) is 6.54 Å². The molecule has 0 fully saturated rings. The van der Waals surface area contributed by atoms with Crippen LogP contribution in [0.3, 0.4) is 0 Å². The third-order valence-electron chi connectivity index (χ3n) is 5.52. The Kier molecular flexibility index (Phi) is 7.33. The second-order valence-corrected chi connectivity index (χ2v) is 8.15. The minimum absolute atomic E-state index is 0.215. The summed E-state index contributed by atoms with van der Waals surface area (Å²) < 4.78 is 1.45. The minimum Gasteiger partial charge on any atom is -0.383 e. The van der Waals surface area contributed by atoms with E-state index in [1.54, 1.807) is 0 Å². The number of anilines is 2. The van der Waals surface area contributed by atoms with Crippen LogP contribution in [0, 0.1) is 0 Å². The van der Waals surface area contributed by atoms with E-state index < -0.39 is 11.2 Å². The number of nitrogen functional groups attached to an aromatic ring is 1. The number of allylic oxidation sites excluding steroid dienone is 2. The van der Waals surface area contributed by atoms with Crippen LogP contribution in [0.1, 0.15) is 51.5 Å². The van der Waals surface area contributed by atoms with E-state index in [-0.39, 0.29) is 5.82 Å². The summed E-state index contributed by atoms with van der Waals surface area (Å²) >= 11 is 0. The van der Waals surface area contributed by atoms with E-state index in [0.717, 1.165) is 24.8 Å². The van der Waals surface area contributed by atoms with Crippen LogP contribution in [0.4, 0.5) is 11.5 Å². The lowest BCUT2D eigenvalue weighted by Crippen LogP contribution is -2.39. The summed E-state index contributed by atoms with van der Waals surface area (Å²) in [7, 11) is 0. The number of benzene rings is 1. The number of H-pyrrole nitrogens is 1. The monoisotopic (exact) mass is 408 g/mol. The zero-order valence-corrected chi connectivity index (χ0v) is 18.0. The Labute approximate surface area is 177 Å². The predicted octanol–water partition coefficient (Wildman–Crippen LogP) is 3.83. The van der Waals surface area contributed by atoms with Gasteiger partial charge in [0, 0.05) is 13.1 Å². The quantitative estimate of drug-likeness (QED) is 0.650. The molecule has 0 aliphatic heterocycles. The van der Waals surface area contributed by atoms with Gasteiger partial charge in [-0.15, -0.1) is 0 Å². The van der Waals surface area contributed by atoms with Crippen LogP contribution in [0.15, 0.2) is 63.2 Å². The van der Waals surface area contributed by atoms with Crippen molar-refractivity contribution in [2.24, 2.45) is 0 Å². The molecule has 1 aromatic heterocycles. The number of hydrogen-bond acceptors (Lipinski definition) is 4. The zero-order valence-electron chi connectivity index (χ0n) is 18.0. The zero-order chi connectivity index (χ0) is 21.5. The van der Waals surface area contributed by atoms with Gasteiger partial charge in [-0.2, -0.15) is 0 Å². The molecule has 0 saturated carbocycles. The number of nitrogens with two attached hydrogens (primary N) is 1. The first kappa shape index (κ1) is 21.7. The van der Waals surface area contributed by atoms with Crippen molar-refractivity contribution in [1.82, 2.24) is 9.55 Å². The van der Waals surface area contributed by atoms with Crippen LogP contribution < -0.4 is 21.9 Å². The van der Waals surface area contributed by atoms with Crippen LogP contribution >= 0.6 is 0 Å². The highest BCUT2D eigenvalue weighted by atomic mass is 16.2. The topological polar surface area (TPSA) is 84.1 Å². The third-order valence-corrected chi connectivity index (χ3v) is 5.52. The predicted molar refractivity (Wildman–Crippen MR) is 124 cm³/mol. The SMILES string of the molecule is CC(C)=CCN(CCC1=CCCCC1)c1c(N)n(Cc2ccccc2)c(=O)[nH]c1=O. The van der Waals surface area contributed by atoms with Crippen molar-refractivity contribution in [3.8, 4) is 0 Å². The van der Waals surface area contributed by atoms with Gasteiger partial charge in [-0.1, -0.05) is 53.6 Å². The summed E-state index contributed by atoms with van der Waals surface area (Å²) in [5.74, 6) is 0.215. The van der Waals surface area contributed by atoms with Crippen LogP contribution in [0.25, 0.3) is 0 Å². The fourth-order valence-electron chi connectivity index (χ4n) is 3.80. The molecule has 0 radical (unpaired) electrons. The lowest BCUT2D eigenvalue weighted by atomic mass is 9.97. The highest BCUT2D eigenvalue weighted by molar-refractivity contribution is 5.63. The normalized spacial score (nSPS) is 13.6. The van der Waals surface area contributed by atoms with Gasteiger partial charge in [-0.25, -0.2) is 4.79 Å². The number of rotatable bonds is 8. The molecule has 0 amide bonds. The largest absolute Gasteiger partial charge is 0.383 e. The average molecular weight is 409 g/mol. The van der Waals surface area contributed by atoms with Gasteiger partial charge in [0.15, 0.2) is 0 Å². The molecule has 0 spiro atoms. The van der Waals surface area contributed by atoms with Crippen molar-refractivity contribution in [2.45, 2.75) is 52.5 Å². The molecule has 3 rings (SSSR count). The molecule has 3 N–H and O–H groups in total. The molecule has 1 aromatic carbocycles. The molecule has 0 saturated heterocycles. The smallest absolute Gasteiger partial charge is 0.330 e. The molecule has 0 unspecified atom stereocenters. The number of aromatic nitrogens is 2. The van der Waals surface area contributed by atoms with E-state index in [1.165, 1.54) is 28.6 Å². The molecule has 1 aliphatic rings. The molecule has 160 valence electrons. The first-order chi connectivity index (χ1) is 14.5. The lowest BCUT2D eigenvalue weighted by Gasteiger charge is -2.26. The summed E-state index contributed by atoms with van der Waals surface area (Å²) in [5.41, 5.74) is 9.44. The Hall–Kier alpha value is -3.02. The maximum atomic E-state index is 12.8. The maximum absolute atomic E-state index is 12.8. The molecule has 6 heteroatoms. The van der Waals surface area contributed by atoms with Gasteiger partial charge in [-0.3, -0.25) is 14.3 Å². The number of nitrogens with zero attached hydrogens (tertiary/aromatic N) is 2. The van der Waals surface area contributed by atoms with Gasteiger partial charge in [0.1, 0.15) is 11.5 Å². The Bertz CT molecular complexity index is 1030. The third kappa shape index (κ3) is 5.53. The molecule has 30 heavy (non-hydrogen) atoms. The van der Waals surface area contributed by atoms with Crippen LogP contribution in [0.2, 0.25) is 0 Å². The molecule has 6 nitrogen and oxygen atoms in total. The summed E-state index contributed by atoms with van der Waals surface area (Å²) in [4.78, 5) is 29.7. The van der Waals surface area contributed by atoms with Crippen molar-refractivity contribution in [1.29, 1.82) is 0 Å². The van der Waals surface area contributed by atoms with Gasteiger partial charge in [0.2, 0.25) is 0 Å². The Morgan fingerprint density at radius 1 is 1.20 bits per heavy atom. The van der Waals surface area contributed by atoms with Gasteiger partial charge in [0.05, 0.1) is 6.54 Å². The molecule has 0 atom stereocenters. The summed E-state index contributed by atoms with van der Waals surface area (Å²) in [6.45, 7) is 5.65.